The molecule has 0 amide bonds. The van der Waals surface area contributed by atoms with E-state index in [1.165, 1.54) is 23.5 Å². The largest absolute Gasteiger partial charge is 0.357 e. The number of nitrogens with one attached hydrogen (secondary N) is 1. The highest BCUT2D eigenvalue weighted by Gasteiger charge is 2.20. The van der Waals surface area contributed by atoms with Gasteiger partial charge in [0.25, 0.3) is 0 Å². The molecular weight excluding hydrogens is 366 g/mol. The van der Waals surface area contributed by atoms with Crippen LogP contribution in [0.2, 0.25) is 0 Å². The van der Waals surface area contributed by atoms with Crippen LogP contribution in [0.25, 0.3) is 0 Å². The number of hydrogen-bond acceptors (Lipinski definition) is 4. The zero-order valence-electron chi connectivity index (χ0n) is 15.4. The normalized spacial score (nSPS) is 12.2. The van der Waals surface area contributed by atoms with Crippen molar-refractivity contribution in [3.63, 3.8) is 0 Å². The lowest BCUT2D eigenvalue weighted by molar-refractivity contribution is -0.724. The van der Waals surface area contributed by atoms with E-state index in [4.69, 9.17) is 10.6 Å². The van der Waals surface area contributed by atoms with Crippen LogP contribution in [0.4, 0.5) is 0 Å². The van der Waals surface area contributed by atoms with E-state index in [0.29, 0.717) is 12.0 Å². The van der Waals surface area contributed by atoms with Crippen LogP contribution < -0.4 is 10.9 Å². The van der Waals surface area contributed by atoms with Crippen LogP contribution in [0.3, 0.4) is 0 Å². The molecule has 0 aliphatic carbocycles. The molecule has 3 N–H and O–H groups in total. The van der Waals surface area contributed by atoms with Crippen LogP contribution >= 0.6 is 0 Å². The number of carbonyl (C=O) groups excluding carboxylic acids is 1. The van der Waals surface area contributed by atoms with Gasteiger partial charge >= 0.3 is 11.8 Å². The van der Waals surface area contributed by atoms with E-state index in [1.807, 2.05) is 31.2 Å². The van der Waals surface area contributed by atoms with Gasteiger partial charge in [-0.3, -0.25) is 10.6 Å². The van der Waals surface area contributed by atoms with Gasteiger partial charge < -0.3 is 0 Å². The number of nitrogens with two attached hydrogens (primary N) is 1. The van der Waals surface area contributed by atoms with Crippen LogP contribution in [0.1, 0.15) is 24.0 Å². The van der Waals surface area contributed by atoms with Crippen molar-refractivity contribution < 1.29 is 23.2 Å². The van der Waals surface area contributed by atoms with Crippen molar-refractivity contribution in [3.05, 3.63) is 65.7 Å². The van der Waals surface area contributed by atoms with Crippen molar-refractivity contribution in [2.45, 2.75) is 24.7 Å². The van der Waals surface area contributed by atoms with E-state index in [-0.39, 0.29) is 23.7 Å². The summed E-state index contributed by atoms with van der Waals surface area (Å²) >= 11 is 0. The Morgan fingerprint density at radius 1 is 1.11 bits per heavy atom. The molecule has 0 saturated heterocycles. The number of sulfonamides is 1. The van der Waals surface area contributed by atoms with Gasteiger partial charge in [0.1, 0.15) is 0 Å². The van der Waals surface area contributed by atoms with E-state index < -0.39 is 16.0 Å². The van der Waals surface area contributed by atoms with E-state index in [9.17, 15) is 13.2 Å². The average Bonchev–Trinajstić information content (AvgIpc) is 2.67. The second-order valence-corrected chi connectivity index (χ2v) is 8.14. The molecule has 2 rings (SSSR count). The third-order valence-electron chi connectivity index (χ3n) is 3.94. The van der Waals surface area contributed by atoms with Crippen molar-refractivity contribution in [2.75, 3.05) is 13.6 Å². The first-order valence-electron chi connectivity index (χ1n) is 8.47. The molecule has 0 heterocycles. The zero-order chi connectivity index (χ0) is 19.9. The second-order valence-electron chi connectivity index (χ2n) is 6.10. The van der Waals surface area contributed by atoms with E-state index >= 15 is 0 Å². The summed E-state index contributed by atoms with van der Waals surface area (Å²) in [5.41, 5.74) is 7.64. The summed E-state index contributed by atoms with van der Waals surface area (Å²) < 4.78 is 26.0. The molecule has 0 spiro atoms. The first-order chi connectivity index (χ1) is 12.8. The van der Waals surface area contributed by atoms with Crippen molar-refractivity contribution >= 4 is 21.8 Å². The van der Waals surface area contributed by atoms with Gasteiger partial charge in [0.05, 0.1) is 16.9 Å². The van der Waals surface area contributed by atoms with Crippen molar-refractivity contribution in [3.8, 4) is 0 Å². The Kier molecular flexibility index (Phi) is 7.09. The fourth-order valence-corrected chi connectivity index (χ4v) is 3.52. The summed E-state index contributed by atoms with van der Waals surface area (Å²) in [4.78, 5) is 17.0. The standard InChI is InChI=1S/C19H23N3O4S/c1-15-10-12-16(13-11-15)19(20)21-26-18(23)9-6-14-22(2)27(24,25)17-7-4-3-5-8-17/h3-5,7-8,10-13H,6,9,14H2,1-2H3,(H2,20,21)/p+1. The molecule has 0 radical (unpaired) electrons. The number of carbonyl (C=O) groups is 1. The summed E-state index contributed by atoms with van der Waals surface area (Å²) in [6, 6.07) is 15.6. The SMILES string of the molecule is Cc1ccc(C(N)=[NH+]OC(=O)CCCN(C)S(=O)(=O)c2ccccc2)cc1. The maximum absolute atomic E-state index is 12.4. The average molecular weight is 390 g/mol. The molecule has 7 nitrogen and oxygen atoms in total. The molecule has 0 saturated carbocycles. The third kappa shape index (κ3) is 5.90. The quantitative estimate of drug-likeness (QED) is 0.293. The molecule has 8 heteroatoms. The highest BCUT2D eigenvalue weighted by molar-refractivity contribution is 7.89. The van der Waals surface area contributed by atoms with Gasteiger partial charge in [-0.1, -0.05) is 41.1 Å². The minimum atomic E-state index is -3.56. The lowest BCUT2D eigenvalue weighted by Crippen LogP contribution is -2.75. The van der Waals surface area contributed by atoms with Crippen LogP contribution in [0.15, 0.2) is 59.5 Å². The fourth-order valence-electron chi connectivity index (χ4n) is 2.29. The van der Waals surface area contributed by atoms with Crippen molar-refractivity contribution in [1.82, 2.24) is 4.31 Å². The minimum absolute atomic E-state index is 0.0584. The molecule has 2 aromatic carbocycles. The Morgan fingerprint density at radius 3 is 2.37 bits per heavy atom. The maximum Gasteiger partial charge on any atom is 0.357 e. The van der Waals surface area contributed by atoms with E-state index in [1.54, 1.807) is 18.2 Å². The Bertz CT molecular complexity index is 894. The lowest BCUT2D eigenvalue weighted by atomic mass is 10.1. The molecule has 0 atom stereocenters. The lowest BCUT2D eigenvalue weighted by Gasteiger charge is -2.16. The van der Waals surface area contributed by atoms with Gasteiger partial charge in [-0.25, -0.2) is 17.5 Å². The van der Waals surface area contributed by atoms with E-state index in [2.05, 4.69) is 5.16 Å². The molecule has 0 aromatic heterocycles. The van der Waals surface area contributed by atoms with E-state index in [0.717, 1.165) is 5.56 Å². The summed E-state index contributed by atoms with van der Waals surface area (Å²) in [6.45, 7) is 2.16. The summed E-state index contributed by atoms with van der Waals surface area (Å²) in [6.07, 6.45) is 0.385. The predicted octanol–water partition coefficient (Wildman–Crippen LogP) is 0.340. The number of hydrogen-bond donors (Lipinski definition) is 2. The summed E-state index contributed by atoms with van der Waals surface area (Å²) in [5.74, 6) is -0.289. The van der Waals surface area contributed by atoms with Gasteiger partial charge in [0, 0.05) is 13.6 Å². The molecule has 0 fully saturated rings. The molecule has 144 valence electrons. The monoisotopic (exact) mass is 390 g/mol. The van der Waals surface area contributed by atoms with Gasteiger partial charge in [0.2, 0.25) is 10.0 Å². The molecule has 27 heavy (non-hydrogen) atoms. The van der Waals surface area contributed by atoms with Crippen LogP contribution in [0.5, 0.6) is 0 Å². The second kappa shape index (κ2) is 9.29. The number of benzene rings is 2. The summed E-state index contributed by atoms with van der Waals surface area (Å²) in [7, 11) is -2.08. The first kappa shape index (κ1) is 20.6. The minimum Gasteiger partial charge on any atom is -0.284 e. The van der Waals surface area contributed by atoms with Crippen molar-refractivity contribution in [2.24, 2.45) is 5.73 Å². The zero-order valence-corrected chi connectivity index (χ0v) is 16.2. The molecule has 0 unspecified atom stereocenters. The molecule has 0 aliphatic heterocycles. The van der Waals surface area contributed by atoms with Crippen molar-refractivity contribution in [1.29, 1.82) is 0 Å². The molecule has 2 aromatic rings. The van der Waals surface area contributed by atoms with Gasteiger partial charge in [-0.05, 0) is 37.6 Å². The molecule has 0 aliphatic rings. The fraction of sp³-hybridized carbons (Fsp3) is 0.263. The molecular formula is C19H24N3O4S+. The highest BCUT2D eigenvalue weighted by atomic mass is 32.2. The smallest absolute Gasteiger partial charge is 0.284 e. The van der Waals surface area contributed by atoms with Gasteiger partial charge in [-0.15, -0.1) is 0 Å². The Morgan fingerprint density at radius 2 is 1.74 bits per heavy atom. The van der Waals surface area contributed by atoms with Crippen LogP contribution in [-0.2, 0) is 19.7 Å². The predicted molar refractivity (Wildman–Crippen MR) is 102 cm³/mol. The number of nitrogens with zero attached hydrogens (tertiary/aromatic N) is 1. The Labute approximate surface area is 159 Å². The van der Waals surface area contributed by atoms with Crippen LogP contribution in [-0.4, -0.2) is 38.1 Å². The van der Waals surface area contributed by atoms with Gasteiger partial charge in [0.15, 0.2) is 0 Å². The van der Waals surface area contributed by atoms with Gasteiger partial charge in [-0.2, -0.15) is 0 Å². The maximum atomic E-state index is 12.4. The number of nitrogen functional groups attached to an aromatic ring is 1. The first-order valence-corrected chi connectivity index (χ1v) is 9.91. The number of rotatable bonds is 8. The topological polar surface area (TPSA) is 104 Å². The third-order valence-corrected chi connectivity index (χ3v) is 5.81. The Balaban J connectivity index is 1.82. The highest BCUT2D eigenvalue weighted by Crippen LogP contribution is 2.13. The molecule has 0 bridgehead atoms. The number of amidine groups is 1. The number of aryl methyl sites for hydroxylation is 1. The summed E-state index contributed by atoms with van der Waals surface area (Å²) in [5, 5.41) is 2.43. The Hall–Kier alpha value is -2.71. The van der Waals surface area contributed by atoms with Crippen LogP contribution in [0, 0.1) is 6.92 Å².